The second kappa shape index (κ2) is 5.46. The second-order valence-electron chi connectivity index (χ2n) is 4.04. The number of rotatable bonds is 4. The zero-order chi connectivity index (χ0) is 14.7. The molecule has 0 saturated carbocycles. The molecule has 104 valence electrons. The largest absolute Gasteiger partial charge is 0.494 e. The standard InChI is InChI=1S/C14H11N5O2/c1-3-6-21-10-4-5-11(12(7-10)20-2)19-9-17-13-14(18-19)16-8-15-13/h1,4-5,7-9H,6H2,2H3. The zero-order valence-electron chi connectivity index (χ0n) is 11.2. The van der Waals surface area contributed by atoms with Crippen LogP contribution in [-0.4, -0.2) is 38.4 Å². The van der Waals surface area contributed by atoms with Gasteiger partial charge < -0.3 is 9.47 Å². The highest BCUT2D eigenvalue weighted by Crippen LogP contribution is 2.27. The van der Waals surface area contributed by atoms with Crippen molar-refractivity contribution in [2.45, 2.75) is 0 Å². The van der Waals surface area contributed by atoms with E-state index >= 15 is 0 Å². The van der Waals surface area contributed by atoms with Gasteiger partial charge in [0.2, 0.25) is 11.6 Å². The van der Waals surface area contributed by atoms with Crippen molar-refractivity contribution in [2.75, 3.05) is 13.7 Å². The molecule has 0 spiro atoms. The lowest BCUT2D eigenvalue weighted by Gasteiger charge is -2.12. The Labute approximate surface area is 120 Å². The Morgan fingerprint density at radius 2 is 2.10 bits per heavy atom. The highest BCUT2D eigenvalue weighted by Gasteiger charge is 2.13. The third-order valence-corrected chi connectivity index (χ3v) is 2.77. The molecule has 0 fully saturated rings. The van der Waals surface area contributed by atoms with Gasteiger partial charge in [0.15, 0.2) is 0 Å². The van der Waals surface area contributed by atoms with Gasteiger partial charge in [0.05, 0.1) is 7.11 Å². The molecule has 0 N–H and O–H groups in total. The summed E-state index contributed by atoms with van der Waals surface area (Å²) in [6, 6.07) is 5.33. The van der Waals surface area contributed by atoms with E-state index in [1.807, 2.05) is 6.07 Å². The average Bonchev–Trinajstić information content (AvgIpc) is 3.00. The molecule has 0 radical (unpaired) electrons. The van der Waals surface area contributed by atoms with Crippen LogP contribution >= 0.6 is 0 Å². The van der Waals surface area contributed by atoms with E-state index in [2.05, 4.69) is 26.0 Å². The van der Waals surface area contributed by atoms with Gasteiger partial charge >= 0.3 is 0 Å². The molecule has 0 amide bonds. The third-order valence-electron chi connectivity index (χ3n) is 2.77. The molecule has 0 atom stereocenters. The lowest BCUT2D eigenvalue weighted by atomic mass is 10.2. The van der Waals surface area contributed by atoms with Crippen molar-refractivity contribution in [1.82, 2.24) is 24.7 Å². The Hall–Kier alpha value is -3.14. The molecule has 21 heavy (non-hydrogen) atoms. The summed E-state index contributed by atoms with van der Waals surface area (Å²) in [6.45, 7) is 0.199. The number of fused-ring (bicyclic) bond motifs is 1. The Morgan fingerprint density at radius 3 is 2.90 bits per heavy atom. The van der Waals surface area contributed by atoms with Crippen LogP contribution in [0, 0.1) is 12.3 Å². The van der Waals surface area contributed by atoms with Gasteiger partial charge in [0.25, 0.3) is 0 Å². The van der Waals surface area contributed by atoms with Crippen LogP contribution < -0.4 is 9.47 Å². The first-order valence-electron chi connectivity index (χ1n) is 6.09. The summed E-state index contributed by atoms with van der Waals surface area (Å²) in [5, 5.41) is 4.33. The monoisotopic (exact) mass is 281 g/mol. The van der Waals surface area contributed by atoms with Crippen molar-refractivity contribution in [3.8, 4) is 41.2 Å². The summed E-state index contributed by atoms with van der Waals surface area (Å²) in [4.78, 5) is 12.2. The van der Waals surface area contributed by atoms with Crippen LogP contribution in [0.5, 0.6) is 11.5 Å². The molecule has 0 saturated heterocycles. The second-order valence-corrected chi connectivity index (χ2v) is 4.04. The molecule has 1 aromatic carbocycles. The predicted molar refractivity (Wildman–Crippen MR) is 74.5 cm³/mol. The van der Waals surface area contributed by atoms with Crippen LogP contribution in [-0.2, 0) is 0 Å². The molecular formula is C14H11N5O2. The van der Waals surface area contributed by atoms with Gasteiger partial charge in [-0.3, -0.25) is 0 Å². The summed E-state index contributed by atoms with van der Waals surface area (Å²) >= 11 is 0. The molecule has 2 aliphatic rings. The molecular weight excluding hydrogens is 270 g/mol. The van der Waals surface area contributed by atoms with Crippen molar-refractivity contribution >= 4 is 0 Å². The zero-order valence-corrected chi connectivity index (χ0v) is 11.2. The smallest absolute Gasteiger partial charge is 0.219 e. The van der Waals surface area contributed by atoms with Gasteiger partial charge in [0, 0.05) is 6.07 Å². The fourth-order valence-electron chi connectivity index (χ4n) is 1.83. The number of aromatic nitrogens is 5. The first-order valence-corrected chi connectivity index (χ1v) is 6.09. The minimum Gasteiger partial charge on any atom is -0.494 e. The van der Waals surface area contributed by atoms with Crippen molar-refractivity contribution in [2.24, 2.45) is 0 Å². The summed E-state index contributed by atoms with van der Waals surface area (Å²) in [5.41, 5.74) is 0.711. The van der Waals surface area contributed by atoms with Gasteiger partial charge in [-0.05, 0) is 12.1 Å². The summed E-state index contributed by atoms with van der Waals surface area (Å²) < 4.78 is 12.3. The molecule has 0 unspecified atom stereocenters. The summed E-state index contributed by atoms with van der Waals surface area (Å²) in [6.07, 6.45) is 8.14. The number of hydrogen-bond acceptors (Lipinski definition) is 6. The number of hydrogen-bond donors (Lipinski definition) is 0. The number of imidazole rings is 1. The number of benzene rings is 1. The van der Waals surface area contributed by atoms with E-state index in [1.165, 1.54) is 6.33 Å². The van der Waals surface area contributed by atoms with E-state index in [0.717, 1.165) is 0 Å². The number of ether oxygens (including phenoxy) is 2. The average molecular weight is 281 g/mol. The Bertz CT molecular complexity index is 777. The van der Waals surface area contributed by atoms with Crippen molar-refractivity contribution in [1.29, 1.82) is 0 Å². The van der Waals surface area contributed by atoms with Crippen LogP contribution in [0.1, 0.15) is 0 Å². The topological polar surface area (TPSA) is 75.0 Å². The van der Waals surface area contributed by atoms with Crippen molar-refractivity contribution in [3.05, 3.63) is 30.9 Å². The molecule has 3 rings (SSSR count). The molecule has 0 aliphatic carbocycles. The highest BCUT2D eigenvalue weighted by atomic mass is 16.5. The number of terminal acetylenes is 1. The molecule has 7 heteroatoms. The first kappa shape index (κ1) is 12.9. The highest BCUT2D eigenvalue weighted by molar-refractivity contribution is 5.51. The lowest BCUT2D eigenvalue weighted by molar-refractivity contribution is 0.362. The fourth-order valence-corrected chi connectivity index (χ4v) is 1.83. The maximum atomic E-state index is 5.36. The molecule has 7 nitrogen and oxygen atoms in total. The maximum absolute atomic E-state index is 5.36. The van der Waals surface area contributed by atoms with E-state index in [1.54, 1.807) is 30.3 Å². The first-order chi connectivity index (χ1) is 10.3. The van der Waals surface area contributed by atoms with E-state index in [0.29, 0.717) is 28.8 Å². The van der Waals surface area contributed by atoms with Crippen molar-refractivity contribution < 1.29 is 9.47 Å². The molecule has 0 bridgehead atoms. The molecule has 2 aliphatic heterocycles. The minimum absolute atomic E-state index is 0.199. The Morgan fingerprint density at radius 1 is 1.24 bits per heavy atom. The molecule has 0 aromatic heterocycles. The van der Waals surface area contributed by atoms with Crippen LogP contribution in [0.25, 0.3) is 17.3 Å². The molecule has 1 aromatic rings. The van der Waals surface area contributed by atoms with Crippen LogP contribution in [0.4, 0.5) is 0 Å². The van der Waals surface area contributed by atoms with Gasteiger partial charge in [-0.25, -0.2) is 19.6 Å². The van der Waals surface area contributed by atoms with Crippen LogP contribution in [0.15, 0.2) is 30.9 Å². The SMILES string of the molecule is C#CCOc1ccc(-n2cnc3ncnc-3n2)c(OC)c1. The fraction of sp³-hybridized carbons (Fsp3) is 0.143. The molecule has 2 heterocycles. The normalized spacial score (nSPS) is 10.3. The quantitative estimate of drug-likeness (QED) is 0.668. The van der Waals surface area contributed by atoms with E-state index in [-0.39, 0.29) is 6.61 Å². The number of methoxy groups -OCH3 is 1. The Balaban J connectivity index is 2.01. The maximum Gasteiger partial charge on any atom is 0.219 e. The summed E-state index contributed by atoms with van der Waals surface area (Å²) in [7, 11) is 1.57. The predicted octanol–water partition coefficient (Wildman–Crippen LogP) is 1.18. The number of nitrogens with zero attached hydrogens (tertiary/aromatic N) is 5. The third kappa shape index (κ3) is 2.47. The Kier molecular flexibility index (Phi) is 3.35. The minimum atomic E-state index is 0.199. The van der Waals surface area contributed by atoms with Crippen LogP contribution in [0.3, 0.4) is 0 Å². The summed E-state index contributed by atoms with van der Waals surface area (Å²) in [5.74, 6) is 4.58. The lowest BCUT2D eigenvalue weighted by Crippen LogP contribution is -2.07. The van der Waals surface area contributed by atoms with E-state index in [9.17, 15) is 0 Å². The van der Waals surface area contributed by atoms with Gasteiger partial charge in [-0.15, -0.1) is 11.5 Å². The van der Waals surface area contributed by atoms with Gasteiger partial charge in [0.1, 0.15) is 36.4 Å². The van der Waals surface area contributed by atoms with Crippen molar-refractivity contribution in [3.63, 3.8) is 0 Å². The van der Waals surface area contributed by atoms with E-state index in [4.69, 9.17) is 15.9 Å². The van der Waals surface area contributed by atoms with Gasteiger partial charge in [-0.2, -0.15) is 0 Å². The van der Waals surface area contributed by atoms with Crippen LogP contribution in [0.2, 0.25) is 0 Å². The van der Waals surface area contributed by atoms with E-state index < -0.39 is 0 Å². The van der Waals surface area contributed by atoms with Gasteiger partial charge in [-0.1, -0.05) is 5.92 Å².